The maximum atomic E-state index is 2.78. The molecule has 1 heterocycles. The number of rotatable bonds is 2. The van der Waals surface area contributed by atoms with Gasteiger partial charge >= 0.3 is 0 Å². The van der Waals surface area contributed by atoms with Crippen LogP contribution in [0.15, 0.2) is 0 Å². The average Bonchev–Trinajstić information content (AvgIpc) is 2.59. The Kier molecular flexibility index (Phi) is 1.27. The maximum Gasteiger partial charge on any atom is 0.0222 e. The summed E-state index contributed by atoms with van der Waals surface area (Å²) in [4.78, 5) is 2.78. The van der Waals surface area contributed by atoms with Crippen molar-refractivity contribution in [3.63, 3.8) is 0 Å². The Morgan fingerprint density at radius 3 is 2.17 bits per heavy atom. The Labute approximate surface area is 75.1 Å². The van der Waals surface area contributed by atoms with Crippen LogP contribution in [0.1, 0.15) is 45.4 Å². The van der Waals surface area contributed by atoms with Gasteiger partial charge in [-0.1, -0.05) is 6.92 Å². The first-order chi connectivity index (χ1) is 5.73. The molecule has 3 aliphatic rings. The number of hydrogen-bond donors (Lipinski definition) is 0. The highest BCUT2D eigenvalue weighted by Crippen LogP contribution is 2.52. The molecule has 2 aliphatic carbocycles. The van der Waals surface area contributed by atoms with Crippen LogP contribution < -0.4 is 0 Å². The standard InChI is InChI=1S/C11H19N/c1-10(5-6-10)9-12-8-7-11(12)3-2-4-11/h2-9H2,1H3. The molecule has 0 aromatic rings. The van der Waals surface area contributed by atoms with E-state index in [1.54, 1.807) is 0 Å². The Hall–Kier alpha value is -0.0400. The molecule has 0 radical (unpaired) electrons. The highest BCUT2D eigenvalue weighted by molar-refractivity contribution is 5.08. The molecule has 1 heteroatoms. The molecular weight excluding hydrogens is 146 g/mol. The first kappa shape index (κ1) is 7.37. The zero-order chi connectivity index (χ0) is 8.23. The molecule has 12 heavy (non-hydrogen) atoms. The van der Waals surface area contributed by atoms with Crippen molar-refractivity contribution in [2.75, 3.05) is 13.1 Å². The molecule has 0 unspecified atom stereocenters. The lowest BCUT2D eigenvalue weighted by atomic mass is 9.67. The predicted molar refractivity (Wildman–Crippen MR) is 50.1 cm³/mol. The second-order valence-electron chi connectivity index (χ2n) is 5.56. The molecule has 3 rings (SSSR count). The fourth-order valence-electron chi connectivity index (χ4n) is 2.82. The van der Waals surface area contributed by atoms with Gasteiger partial charge in [0.05, 0.1) is 0 Å². The van der Waals surface area contributed by atoms with E-state index in [9.17, 15) is 0 Å². The van der Waals surface area contributed by atoms with Gasteiger partial charge < -0.3 is 0 Å². The van der Waals surface area contributed by atoms with Crippen molar-refractivity contribution >= 4 is 0 Å². The summed E-state index contributed by atoms with van der Waals surface area (Å²) < 4.78 is 0. The van der Waals surface area contributed by atoms with Crippen molar-refractivity contribution in [1.29, 1.82) is 0 Å². The summed E-state index contributed by atoms with van der Waals surface area (Å²) in [6, 6.07) is 0. The van der Waals surface area contributed by atoms with Gasteiger partial charge in [-0.3, -0.25) is 4.90 Å². The minimum atomic E-state index is 0.739. The van der Waals surface area contributed by atoms with Gasteiger partial charge in [0.2, 0.25) is 0 Å². The molecule has 1 saturated heterocycles. The van der Waals surface area contributed by atoms with Gasteiger partial charge in [-0.25, -0.2) is 0 Å². The molecule has 0 aromatic heterocycles. The fourth-order valence-corrected chi connectivity index (χ4v) is 2.82. The third-order valence-corrected chi connectivity index (χ3v) is 4.48. The molecule has 1 spiro atoms. The SMILES string of the molecule is CC1(CN2CCC23CCC3)CC1. The van der Waals surface area contributed by atoms with Crippen molar-refractivity contribution in [1.82, 2.24) is 4.90 Å². The minimum absolute atomic E-state index is 0.739. The summed E-state index contributed by atoms with van der Waals surface area (Å²) >= 11 is 0. The number of likely N-dealkylation sites (tertiary alicyclic amines) is 1. The molecule has 3 fully saturated rings. The first-order valence-corrected chi connectivity index (χ1v) is 5.48. The van der Waals surface area contributed by atoms with E-state index in [-0.39, 0.29) is 0 Å². The summed E-state index contributed by atoms with van der Waals surface area (Å²) in [7, 11) is 0. The monoisotopic (exact) mass is 165 g/mol. The lowest BCUT2D eigenvalue weighted by molar-refractivity contribution is -0.0822. The van der Waals surface area contributed by atoms with E-state index in [0.717, 1.165) is 11.0 Å². The van der Waals surface area contributed by atoms with Crippen molar-refractivity contribution < 1.29 is 0 Å². The van der Waals surface area contributed by atoms with Crippen LogP contribution in [0.5, 0.6) is 0 Å². The van der Waals surface area contributed by atoms with Crippen LogP contribution in [-0.4, -0.2) is 23.5 Å². The molecular formula is C11H19N. The Morgan fingerprint density at radius 2 is 1.83 bits per heavy atom. The van der Waals surface area contributed by atoms with Crippen molar-refractivity contribution in [3.8, 4) is 0 Å². The maximum absolute atomic E-state index is 2.78. The van der Waals surface area contributed by atoms with Gasteiger partial charge in [0, 0.05) is 18.6 Å². The van der Waals surface area contributed by atoms with Gasteiger partial charge in [0.25, 0.3) is 0 Å². The van der Waals surface area contributed by atoms with Crippen LogP contribution in [0.4, 0.5) is 0 Å². The first-order valence-electron chi connectivity index (χ1n) is 5.48. The molecule has 0 aromatic carbocycles. The summed E-state index contributed by atoms with van der Waals surface area (Å²) in [5.74, 6) is 0. The highest BCUT2D eigenvalue weighted by Gasteiger charge is 2.52. The molecule has 0 bridgehead atoms. The summed E-state index contributed by atoms with van der Waals surface area (Å²) in [6.45, 7) is 5.26. The van der Waals surface area contributed by atoms with Crippen LogP contribution in [0.25, 0.3) is 0 Å². The molecule has 1 aliphatic heterocycles. The predicted octanol–water partition coefficient (Wildman–Crippen LogP) is 2.41. The van der Waals surface area contributed by atoms with E-state index in [2.05, 4.69) is 11.8 Å². The Balaban J connectivity index is 1.63. The lowest BCUT2D eigenvalue weighted by Crippen LogP contribution is -2.64. The zero-order valence-corrected chi connectivity index (χ0v) is 8.10. The third kappa shape index (κ3) is 0.891. The van der Waals surface area contributed by atoms with Crippen molar-refractivity contribution in [2.45, 2.75) is 51.0 Å². The second-order valence-corrected chi connectivity index (χ2v) is 5.56. The molecule has 1 nitrogen and oxygen atoms in total. The fraction of sp³-hybridized carbons (Fsp3) is 1.00. The normalized spacial score (nSPS) is 35.8. The molecule has 0 amide bonds. The van der Waals surface area contributed by atoms with E-state index in [0.29, 0.717) is 0 Å². The lowest BCUT2D eigenvalue weighted by Gasteiger charge is -2.59. The molecule has 2 saturated carbocycles. The topological polar surface area (TPSA) is 3.24 Å². The van der Waals surface area contributed by atoms with Gasteiger partial charge in [-0.15, -0.1) is 0 Å². The van der Waals surface area contributed by atoms with Gasteiger partial charge in [0.15, 0.2) is 0 Å². The summed E-state index contributed by atoms with van der Waals surface area (Å²) in [5, 5.41) is 0. The van der Waals surface area contributed by atoms with Crippen molar-refractivity contribution in [3.05, 3.63) is 0 Å². The zero-order valence-electron chi connectivity index (χ0n) is 8.10. The number of hydrogen-bond acceptors (Lipinski definition) is 1. The van der Waals surface area contributed by atoms with Crippen molar-refractivity contribution in [2.24, 2.45) is 5.41 Å². The highest BCUT2D eigenvalue weighted by atomic mass is 15.3. The van der Waals surface area contributed by atoms with E-state index >= 15 is 0 Å². The molecule has 0 atom stereocenters. The van der Waals surface area contributed by atoms with Gasteiger partial charge in [0.1, 0.15) is 0 Å². The number of nitrogens with zero attached hydrogens (tertiary/aromatic N) is 1. The minimum Gasteiger partial charge on any atom is -0.297 e. The Morgan fingerprint density at radius 1 is 1.08 bits per heavy atom. The van der Waals surface area contributed by atoms with Gasteiger partial charge in [-0.2, -0.15) is 0 Å². The smallest absolute Gasteiger partial charge is 0.0222 e. The molecule has 68 valence electrons. The van der Waals surface area contributed by atoms with Gasteiger partial charge in [-0.05, 0) is 43.9 Å². The van der Waals surface area contributed by atoms with Crippen LogP contribution in [0.3, 0.4) is 0 Å². The van der Waals surface area contributed by atoms with Crippen LogP contribution >= 0.6 is 0 Å². The summed E-state index contributed by atoms with van der Waals surface area (Å²) in [6.07, 6.45) is 8.97. The van der Waals surface area contributed by atoms with Crippen LogP contribution in [0, 0.1) is 5.41 Å². The van der Waals surface area contributed by atoms with E-state index in [1.165, 1.54) is 51.6 Å². The molecule has 0 N–H and O–H groups in total. The van der Waals surface area contributed by atoms with Crippen LogP contribution in [-0.2, 0) is 0 Å². The van der Waals surface area contributed by atoms with E-state index < -0.39 is 0 Å². The third-order valence-electron chi connectivity index (χ3n) is 4.48. The largest absolute Gasteiger partial charge is 0.297 e. The quantitative estimate of drug-likeness (QED) is 0.607. The average molecular weight is 165 g/mol. The Bertz CT molecular complexity index is 196. The van der Waals surface area contributed by atoms with Crippen LogP contribution in [0.2, 0.25) is 0 Å². The second kappa shape index (κ2) is 2.06. The van der Waals surface area contributed by atoms with E-state index in [4.69, 9.17) is 0 Å². The van der Waals surface area contributed by atoms with E-state index in [1.807, 2.05) is 0 Å². The summed E-state index contributed by atoms with van der Waals surface area (Å²) in [5.41, 5.74) is 1.48.